The molecule has 3 aromatic carbocycles. The second-order valence-electron chi connectivity index (χ2n) is 10.9. The smallest absolute Gasteiger partial charge is 0.257 e. The fourth-order valence-corrected chi connectivity index (χ4v) is 6.22. The van der Waals surface area contributed by atoms with Crippen LogP contribution < -0.4 is 21.1 Å². The van der Waals surface area contributed by atoms with E-state index in [9.17, 15) is 19.2 Å². The number of Topliss-reactive ketones (excluding diaryl/α,β-unsaturated/α-hetero) is 1. The number of nitrogens with zero attached hydrogens (tertiary/aromatic N) is 2. The van der Waals surface area contributed by atoms with E-state index in [2.05, 4.69) is 15.5 Å². The molecule has 9 heteroatoms. The van der Waals surface area contributed by atoms with E-state index in [0.29, 0.717) is 52.7 Å². The van der Waals surface area contributed by atoms with Crippen LogP contribution in [0.3, 0.4) is 0 Å². The molecule has 2 N–H and O–H groups in total. The molecule has 2 atom stereocenters. The highest BCUT2D eigenvalue weighted by molar-refractivity contribution is 6.34. The van der Waals surface area contributed by atoms with Crippen molar-refractivity contribution in [3.8, 4) is 0 Å². The summed E-state index contributed by atoms with van der Waals surface area (Å²) in [7, 11) is 0. The number of nitrogens with one attached hydrogen (secondary N) is 2. The van der Waals surface area contributed by atoms with Gasteiger partial charge in [0.05, 0.1) is 22.0 Å². The van der Waals surface area contributed by atoms with E-state index in [-0.39, 0.29) is 35.0 Å². The van der Waals surface area contributed by atoms with Crippen LogP contribution in [0, 0.1) is 5.92 Å². The topological polar surface area (TPSA) is 101 Å². The Labute approximate surface area is 247 Å². The van der Waals surface area contributed by atoms with Crippen LogP contribution in [0.2, 0.25) is 5.02 Å². The molecule has 0 spiro atoms. The number of anilines is 3. The third-order valence-electron chi connectivity index (χ3n) is 7.97. The summed E-state index contributed by atoms with van der Waals surface area (Å²) >= 11 is 6.32. The largest absolute Gasteiger partial charge is 0.369 e. The van der Waals surface area contributed by atoms with Gasteiger partial charge in [0.15, 0.2) is 5.78 Å². The molecule has 42 heavy (non-hydrogen) atoms. The molecule has 0 radical (unpaired) electrons. The van der Waals surface area contributed by atoms with Crippen molar-refractivity contribution in [3.63, 3.8) is 0 Å². The summed E-state index contributed by atoms with van der Waals surface area (Å²) in [6.07, 6.45) is 0.987. The standard InChI is InChI=1S/C33H29ClN4O4/c1-20(39)22-6-4-7-25(15-22)35-32(41)23-12-13-30(28(16-23)36-33(42)26-8-2-3-9-27(26)34)37-17-21-14-24(19-37)29-10-5-11-31(40)38(29)18-21/h2-13,15-16,21,24H,14,17-19H2,1H3,(H,35,41)(H,36,42). The molecular formula is C33H29ClN4O4. The second kappa shape index (κ2) is 11.3. The molecule has 4 aromatic rings. The first-order chi connectivity index (χ1) is 20.3. The van der Waals surface area contributed by atoms with Gasteiger partial charge in [0.1, 0.15) is 0 Å². The van der Waals surface area contributed by atoms with Crippen LogP contribution in [0.5, 0.6) is 0 Å². The zero-order valence-electron chi connectivity index (χ0n) is 23.0. The zero-order valence-corrected chi connectivity index (χ0v) is 23.7. The minimum atomic E-state index is -0.386. The van der Waals surface area contributed by atoms with Gasteiger partial charge in [-0.15, -0.1) is 0 Å². The third-order valence-corrected chi connectivity index (χ3v) is 8.30. The molecule has 2 unspecified atom stereocenters. The quantitative estimate of drug-likeness (QED) is 0.279. The van der Waals surface area contributed by atoms with Crippen molar-refractivity contribution in [1.29, 1.82) is 0 Å². The summed E-state index contributed by atoms with van der Waals surface area (Å²) < 4.78 is 1.88. The highest BCUT2D eigenvalue weighted by Gasteiger charge is 2.35. The minimum Gasteiger partial charge on any atom is -0.369 e. The number of benzene rings is 3. The number of pyridine rings is 1. The first-order valence-electron chi connectivity index (χ1n) is 13.8. The number of halogens is 1. The molecule has 0 saturated carbocycles. The highest BCUT2D eigenvalue weighted by atomic mass is 35.5. The second-order valence-corrected chi connectivity index (χ2v) is 11.3. The zero-order chi connectivity index (χ0) is 29.4. The maximum atomic E-state index is 13.4. The Hall–Kier alpha value is -4.69. The molecule has 2 aliphatic heterocycles. The summed E-state index contributed by atoms with van der Waals surface area (Å²) in [5.74, 6) is -0.434. The van der Waals surface area contributed by atoms with Gasteiger partial charge < -0.3 is 20.1 Å². The fourth-order valence-electron chi connectivity index (χ4n) is 6.00. The number of carbonyl (C=O) groups excluding carboxylic acids is 3. The number of rotatable bonds is 6. The molecule has 3 heterocycles. The van der Waals surface area contributed by atoms with Crippen LogP contribution in [-0.4, -0.2) is 35.3 Å². The Morgan fingerprint density at radius 1 is 0.810 bits per heavy atom. The highest BCUT2D eigenvalue weighted by Crippen LogP contribution is 2.39. The van der Waals surface area contributed by atoms with Crippen LogP contribution in [0.25, 0.3) is 0 Å². The molecule has 2 bridgehead atoms. The number of aromatic nitrogens is 1. The minimum absolute atomic E-state index is 0.0209. The van der Waals surface area contributed by atoms with Crippen LogP contribution in [0.4, 0.5) is 17.1 Å². The number of amides is 2. The maximum Gasteiger partial charge on any atom is 0.257 e. The summed E-state index contributed by atoms with van der Waals surface area (Å²) in [5.41, 5.74) is 3.97. The summed E-state index contributed by atoms with van der Waals surface area (Å²) in [6, 6.07) is 24.2. The van der Waals surface area contributed by atoms with Gasteiger partial charge in [-0.2, -0.15) is 0 Å². The number of hydrogen-bond donors (Lipinski definition) is 2. The molecule has 1 aromatic heterocycles. The lowest BCUT2D eigenvalue weighted by Crippen LogP contribution is -2.47. The van der Waals surface area contributed by atoms with Crippen molar-refractivity contribution in [2.24, 2.45) is 5.92 Å². The number of carbonyl (C=O) groups is 3. The van der Waals surface area contributed by atoms with Crippen molar-refractivity contribution in [1.82, 2.24) is 4.57 Å². The van der Waals surface area contributed by atoms with E-state index in [1.807, 2.05) is 22.8 Å². The van der Waals surface area contributed by atoms with Crippen LogP contribution in [0.1, 0.15) is 56.0 Å². The van der Waals surface area contributed by atoms with Crippen LogP contribution >= 0.6 is 11.6 Å². The van der Waals surface area contributed by atoms with Gasteiger partial charge in [0.2, 0.25) is 0 Å². The van der Waals surface area contributed by atoms with Gasteiger partial charge in [-0.1, -0.05) is 41.9 Å². The summed E-state index contributed by atoms with van der Waals surface area (Å²) in [6.45, 7) is 3.48. The lowest BCUT2D eigenvalue weighted by Gasteiger charge is -2.44. The predicted molar refractivity (Wildman–Crippen MR) is 164 cm³/mol. The monoisotopic (exact) mass is 580 g/mol. The summed E-state index contributed by atoms with van der Waals surface area (Å²) in [5, 5.41) is 6.17. The first-order valence-corrected chi connectivity index (χ1v) is 14.2. The average Bonchev–Trinajstić information content (AvgIpc) is 2.98. The Morgan fingerprint density at radius 3 is 2.43 bits per heavy atom. The van der Waals surface area contributed by atoms with Crippen molar-refractivity contribution in [3.05, 3.63) is 123 Å². The van der Waals surface area contributed by atoms with Gasteiger partial charge >= 0.3 is 0 Å². The van der Waals surface area contributed by atoms with Crippen LogP contribution in [-0.2, 0) is 6.54 Å². The first kappa shape index (κ1) is 27.5. The molecule has 2 amide bonds. The van der Waals surface area contributed by atoms with E-state index in [1.54, 1.807) is 66.7 Å². The number of piperidine rings is 1. The maximum absolute atomic E-state index is 13.4. The van der Waals surface area contributed by atoms with E-state index in [1.165, 1.54) is 6.92 Å². The normalized spacial score (nSPS) is 17.2. The number of fused-ring (bicyclic) bond motifs is 4. The molecule has 1 fully saturated rings. The van der Waals surface area contributed by atoms with E-state index < -0.39 is 0 Å². The molecule has 6 rings (SSSR count). The molecular weight excluding hydrogens is 552 g/mol. The van der Waals surface area contributed by atoms with Gasteiger partial charge in [-0.25, -0.2) is 0 Å². The lowest BCUT2D eigenvalue weighted by atomic mass is 9.83. The third kappa shape index (κ3) is 5.45. The Morgan fingerprint density at radius 2 is 1.62 bits per heavy atom. The molecule has 2 aliphatic rings. The Balaban J connectivity index is 1.33. The van der Waals surface area contributed by atoms with Crippen molar-refractivity contribution in [2.45, 2.75) is 25.8 Å². The Kier molecular flexibility index (Phi) is 7.39. The molecule has 8 nitrogen and oxygen atoms in total. The van der Waals surface area contributed by atoms with Gasteiger partial charge in [-0.05, 0) is 67.8 Å². The van der Waals surface area contributed by atoms with E-state index in [0.717, 1.165) is 17.8 Å². The molecule has 212 valence electrons. The number of hydrogen-bond acceptors (Lipinski definition) is 5. The summed E-state index contributed by atoms with van der Waals surface area (Å²) in [4.78, 5) is 53.2. The van der Waals surface area contributed by atoms with Crippen molar-refractivity contribution >= 4 is 46.3 Å². The Bertz CT molecular complexity index is 1780. The SMILES string of the molecule is CC(=O)c1cccc(NC(=O)c2ccc(N3CC4CC(C3)c3cccc(=O)n3C4)c(NC(=O)c3ccccc3Cl)c2)c1. The van der Waals surface area contributed by atoms with E-state index in [4.69, 9.17) is 11.6 Å². The average molecular weight is 581 g/mol. The van der Waals surface area contributed by atoms with Crippen LogP contribution in [0.15, 0.2) is 89.7 Å². The molecule has 0 aliphatic carbocycles. The predicted octanol–water partition coefficient (Wildman–Crippen LogP) is 5.83. The fraction of sp³-hybridized carbons (Fsp3) is 0.212. The molecule has 1 saturated heterocycles. The van der Waals surface area contributed by atoms with Gasteiger partial charge in [-0.3, -0.25) is 19.2 Å². The van der Waals surface area contributed by atoms with Crippen molar-refractivity contribution in [2.75, 3.05) is 28.6 Å². The number of ketones is 1. The van der Waals surface area contributed by atoms with Crippen molar-refractivity contribution < 1.29 is 14.4 Å². The lowest BCUT2D eigenvalue weighted by molar-refractivity contribution is 0.101. The van der Waals surface area contributed by atoms with E-state index >= 15 is 0 Å². The van der Waals surface area contributed by atoms with Gasteiger partial charge in [0, 0.05) is 54.1 Å². The van der Waals surface area contributed by atoms with Gasteiger partial charge in [0.25, 0.3) is 17.4 Å².